The molecule has 19 heavy (non-hydrogen) atoms. The molecule has 0 saturated heterocycles. The number of amides is 2. The van der Waals surface area contributed by atoms with E-state index in [4.69, 9.17) is 11.5 Å². The van der Waals surface area contributed by atoms with Crippen molar-refractivity contribution in [2.24, 2.45) is 5.73 Å². The van der Waals surface area contributed by atoms with Crippen LogP contribution >= 0.6 is 0 Å². The second-order valence-corrected chi connectivity index (χ2v) is 5.02. The number of carbonyl (C=O) groups excluding carboxylic acids is 2. The molecule has 1 fully saturated rings. The zero-order valence-electron chi connectivity index (χ0n) is 10.8. The molecule has 1 saturated carbocycles. The van der Waals surface area contributed by atoms with E-state index >= 15 is 0 Å². The van der Waals surface area contributed by atoms with Crippen LogP contribution in [0.1, 0.15) is 52.8 Å². The number of nitrogens with two attached hydrogens (primary N) is 2. The Balaban J connectivity index is 2.11. The fourth-order valence-electron chi connectivity index (χ4n) is 2.44. The van der Waals surface area contributed by atoms with Gasteiger partial charge in [-0.15, -0.1) is 0 Å². The summed E-state index contributed by atoms with van der Waals surface area (Å²) >= 11 is 0. The van der Waals surface area contributed by atoms with Crippen LogP contribution in [0.2, 0.25) is 0 Å². The van der Waals surface area contributed by atoms with Gasteiger partial charge in [0, 0.05) is 22.9 Å². The number of carbonyl (C=O) groups is 2. The SMILES string of the molecule is NC(=O)c1cc(N)cc(C(=O)NC2CCCCC2)c1. The van der Waals surface area contributed by atoms with Gasteiger partial charge < -0.3 is 16.8 Å². The summed E-state index contributed by atoms with van der Waals surface area (Å²) in [5.41, 5.74) is 11.9. The highest BCUT2D eigenvalue weighted by atomic mass is 16.2. The van der Waals surface area contributed by atoms with Crippen molar-refractivity contribution in [2.75, 3.05) is 5.73 Å². The van der Waals surface area contributed by atoms with E-state index in [0.717, 1.165) is 25.7 Å². The van der Waals surface area contributed by atoms with Crippen LogP contribution in [0.25, 0.3) is 0 Å². The van der Waals surface area contributed by atoms with Crippen molar-refractivity contribution in [3.8, 4) is 0 Å². The Hall–Kier alpha value is -2.04. The summed E-state index contributed by atoms with van der Waals surface area (Å²) in [4.78, 5) is 23.3. The van der Waals surface area contributed by atoms with Crippen molar-refractivity contribution in [3.63, 3.8) is 0 Å². The average Bonchev–Trinajstić information content (AvgIpc) is 2.39. The lowest BCUT2D eigenvalue weighted by Gasteiger charge is -2.22. The van der Waals surface area contributed by atoms with E-state index in [1.807, 2.05) is 0 Å². The second kappa shape index (κ2) is 5.73. The van der Waals surface area contributed by atoms with Crippen LogP contribution in [0, 0.1) is 0 Å². The van der Waals surface area contributed by atoms with Crippen LogP contribution in [0.15, 0.2) is 18.2 Å². The maximum absolute atomic E-state index is 12.1. The highest BCUT2D eigenvalue weighted by molar-refractivity contribution is 6.00. The third-order valence-electron chi connectivity index (χ3n) is 3.44. The van der Waals surface area contributed by atoms with Crippen molar-refractivity contribution in [3.05, 3.63) is 29.3 Å². The highest BCUT2D eigenvalue weighted by Crippen LogP contribution is 2.18. The quantitative estimate of drug-likeness (QED) is 0.718. The monoisotopic (exact) mass is 261 g/mol. The molecule has 5 heteroatoms. The number of anilines is 1. The van der Waals surface area contributed by atoms with E-state index in [0.29, 0.717) is 11.3 Å². The van der Waals surface area contributed by atoms with Crippen molar-refractivity contribution < 1.29 is 9.59 Å². The molecule has 1 aromatic carbocycles. The normalized spacial score (nSPS) is 16.0. The zero-order valence-corrected chi connectivity index (χ0v) is 10.8. The van der Waals surface area contributed by atoms with Gasteiger partial charge in [0.25, 0.3) is 5.91 Å². The van der Waals surface area contributed by atoms with E-state index in [9.17, 15) is 9.59 Å². The number of benzene rings is 1. The first-order chi connectivity index (χ1) is 9.06. The van der Waals surface area contributed by atoms with Gasteiger partial charge in [0.1, 0.15) is 0 Å². The van der Waals surface area contributed by atoms with Gasteiger partial charge in [0.15, 0.2) is 0 Å². The van der Waals surface area contributed by atoms with Crippen molar-refractivity contribution in [1.29, 1.82) is 0 Å². The first-order valence-electron chi connectivity index (χ1n) is 6.57. The first kappa shape index (κ1) is 13.4. The van der Waals surface area contributed by atoms with Crippen LogP contribution in [-0.4, -0.2) is 17.9 Å². The molecule has 1 aromatic rings. The van der Waals surface area contributed by atoms with Gasteiger partial charge in [-0.2, -0.15) is 0 Å². The van der Waals surface area contributed by atoms with Gasteiger partial charge in [-0.1, -0.05) is 19.3 Å². The third kappa shape index (κ3) is 3.47. The summed E-state index contributed by atoms with van der Waals surface area (Å²) in [5.74, 6) is -0.777. The summed E-state index contributed by atoms with van der Waals surface area (Å²) in [6.45, 7) is 0. The van der Waals surface area contributed by atoms with E-state index in [-0.39, 0.29) is 17.5 Å². The van der Waals surface area contributed by atoms with Crippen LogP contribution < -0.4 is 16.8 Å². The summed E-state index contributed by atoms with van der Waals surface area (Å²) in [5, 5.41) is 2.98. The summed E-state index contributed by atoms with van der Waals surface area (Å²) in [6, 6.07) is 4.74. The smallest absolute Gasteiger partial charge is 0.251 e. The lowest BCUT2D eigenvalue weighted by molar-refractivity contribution is 0.0927. The highest BCUT2D eigenvalue weighted by Gasteiger charge is 2.17. The topological polar surface area (TPSA) is 98.2 Å². The minimum atomic E-state index is -0.584. The van der Waals surface area contributed by atoms with Crippen molar-refractivity contribution in [1.82, 2.24) is 5.32 Å². The standard InChI is InChI=1S/C14H19N3O2/c15-11-7-9(13(16)18)6-10(8-11)14(19)17-12-4-2-1-3-5-12/h6-8,12H,1-5,15H2,(H2,16,18)(H,17,19). The summed E-state index contributed by atoms with van der Waals surface area (Å²) < 4.78 is 0. The number of hydrogen-bond acceptors (Lipinski definition) is 3. The summed E-state index contributed by atoms with van der Waals surface area (Å²) in [7, 11) is 0. The molecule has 1 aliphatic rings. The van der Waals surface area contributed by atoms with E-state index in [2.05, 4.69) is 5.32 Å². The molecular weight excluding hydrogens is 242 g/mol. The zero-order chi connectivity index (χ0) is 13.8. The van der Waals surface area contributed by atoms with Gasteiger partial charge in [0.05, 0.1) is 0 Å². The second-order valence-electron chi connectivity index (χ2n) is 5.02. The molecule has 0 unspecified atom stereocenters. The van der Waals surface area contributed by atoms with Gasteiger partial charge in [-0.3, -0.25) is 9.59 Å². The molecule has 0 aliphatic heterocycles. The van der Waals surface area contributed by atoms with Crippen LogP contribution in [-0.2, 0) is 0 Å². The number of primary amides is 1. The van der Waals surface area contributed by atoms with Gasteiger partial charge in [-0.05, 0) is 31.0 Å². The fourth-order valence-corrected chi connectivity index (χ4v) is 2.44. The molecule has 0 radical (unpaired) electrons. The molecule has 2 amide bonds. The maximum atomic E-state index is 12.1. The van der Waals surface area contributed by atoms with Gasteiger partial charge in [0.2, 0.25) is 5.91 Å². The van der Waals surface area contributed by atoms with E-state index in [1.165, 1.54) is 18.6 Å². The number of nitrogen functional groups attached to an aromatic ring is 1. The third-order valence-corrected chi connectivity index (χ3v) is 3.44. The molecule has 0 aromatic heterocycles. The minimum Gasteiger partial charge on any atom is -0.399 e. The fraction of sp³-hybridized carbons (Fsp3) is 0.429. The number of rotatable bonds is 3. The Morgan fingerprint density at radius 2 is 1.68 bits per heavy atom. The minimum absolute atomic E-state index is 0.193. The van der Waals surface area contributed by atoms with Crippen molar-refractivity contribution >= 4 is 17.5 Å². The molecule has 0 bridgehead atoms. The molecule has 1 aliphatic carbocycles. The first-order valence-corrected chi connectivity index (χ1v) is 6.57. The van der Waals surface area contributed by atoms with Crippen LogP contribution in [0.3, 0.4) is 0 Å². The molecule has 5 nitrogen and oxygen atoms in total. The molecule has 5 N–H and O–H groups in total. The number of nitrogens with one attached hydrogen (secondary N) is 1. The lowest BCUT2D eigenvalue weighted by Crippen LogP contribution is -2.36. The van der Waals surface area contributed by atoms with E-state index < -0.39 is 5.91 Å². The Morgan fingerprint density at radius 1 is 1.05 bits per heavy atom. The molecule has 0 heterocycles. The molecule has 102 valence electrons. The Morgan fingerprint density at radius 3 is 2.32 bits per heavy atom. The Kier molecular flexibility index (Phi) is 4.04. The molecule has 0 spiro atoms. The van der Waals surface area contributed by atoms with Gasteiger partial charge in [-0.25, -0.2) is 0 Å². The van der Waals surface area contributed by atoms with Crippen LogP contribution in [0.4, 0.5) is 5.69 Å². The summed E-state index contributed by atoms with van der Waals surface area (Å²) in [6.07, 6.45) is 5.55. The Labute approximate surface area is 112 Å². The average molecular weight is 261 g/mol. The van der Waals surface area contributed by atoms with Crippen LogP contribution in [0.5, 0.6) is 0 Å². The Bertz CT molecular complexity index is 493. The predicted molar refractivity (Wildman–Crippen MR) is 73.7 cm³/mol. The predicted octanol–water partition coefficient (Wildman–Crippen LogP) is 1.43. The van der Waals surface area contributed by atoms with Crippen molar-refractivity contribution in [2.45, 2.75) is 38.1 Å². The molecule has 2 rings (SSSR count). The lowest BCUT2D eigenvalue weighted by atomic mass is 9.95. The maximum Gasteiger partial charge on any atom is 0.251 e. The molecular formula is C14H19N3O2. The van der Waals surface area contributed by atoms with E-state index in [1.54, 1.807) is 6.07 Å². The molecule has 0 atom stereocenters. The largest absolute Gasteiger partial charge is 0.399 e. The van der Waals surface area contributed by atoms with Gasteiger partial charge >= 0.3 is 0 Å². The number of hydrogen-bond donors (Lipinski definition) is 3.